The van der Waals surface area contributed by atoms with Crippen LogP contribution in [-0.2, 0) is 14.8 Å². The summed E-state index contributed by atoms with van der Waals surface area (Å²) in [5.41, 5.74) is 1.37. The van der Waals surface area contributed by atoms with Crippen molar-refractivity contribution >= 4 is 33.2 Å². The SMILES string of the molecule is CNC(=O)CCCN(c1cc(Cl)ccc1C)S(C)(=O)=O. The Bertz CT molecular complexity index is 587. The lowest BCUT2D eigenvalue weighted by molar-refractivity contribution is -0.120. The van der Waals surface area contributed by atoms with Crippen molar-refractivity contribution in [2.24, 2.45) is 0 Å². The number of hydrogen-bond acceptors (Lipinski definition) is 3. The van der Waals surface area contributed by atoms with Gasteiger partial charge in [-0.15, -0.1) is 0 Å². The molecular formula is C13H19ClN2O3S. The van der Waals surface area contributed by atoms with Crippen molar-refractivity contribution in [3.05, 3.63) is 28.8 Å². The van der Waals surface area contributed by atoms with E-state index in [0.717, 1.165) is 11.8 Å². The van der Waals surface area contributed by atoms with Gasteiger partial charge in [0.1, 0.15) is 0 Å². The number of amides is 1. The van der Waals surface area contributed by atoms with Crippen molar-refractivity contribution < 1.29 is 13.2 Å². The quantitative estimate of drug-likeness (QED) is 0.871. The Morgan fingerprint density at radius 1 is 1.40 bits per heavy atom. The zero-order valence-electron chi connectivity index (χ0n) is 11.8. The molecule has 0 aliphatic heterocycles. The number of benzene rings is 1. The van der Waals surface area contributed by atoms with Gasteiger partial charge in [0.15, 0.2) is 0 Å². The highest BCUT2D eigenvalue weighted by Crippen LogP contribution is 2.26. The van der Waals surface area contributed by atoms with Gasteiger partial charge in [-0.25, -0.2) is 8.42 Å². The predicted molar refractivity (Wildman–Crippen MR) is 81.7 cm³/mol. The van der Waals surface area contributed by atoms with E-state index >= 15 is 0 Å². The summed E-state index contributed by atoms with van der Waals surface area (Å²) in [6.45, 7) is 2.07. The summed E-state index contributed by atoms with van der Waals surface area (Å²) in [5.74, 6) is -0.110. The highest BCUT2D eigenvalue weighted by molar-refractivity contribution is 7.92. The molecule has 0 aliphatic rings. The maximum Gasteiger partial charge on any atom is 0.232 e. The molecule has 20 heavy (non-hydrogen) atoms. The number of sulfonamides is 1. The zero-order chi connectivity index (χ0) is 15.3. The average molecular weight is 319 g/mol. The largest absolute Gasteiger partial charge is 0.359 e. The van der Waals surface area contributed by atoms with Gasteiger partial charge in [0.2, 0.25) is 15.9 Å². The molecule has 1 rings (SSSR count). The van der Waals surface area contributed by atoms with E-state index in [1.807, 2.05) is 6.92 Å². The Hall–Kier alpha value is -1.27. The van der Waals surface area contributed by atoms with Crippen molar-refractivity contribution in [1.29, 1.82) is 0 Å². The first kappa shape index (κ1) is 16.8. The molecule has 1 N–H and O–H groups in total. The Kier molecular flexibility index (Phi) is 5.83. The molecule has 1 aromatic rings. The van der Waals surface area contributed by atoms with Crippen LogP contribution in [0, 0.1) is 6.92 Å². The smallest absolute Gasteiger partial charge is 0.232 e. The molecule has 0 fully saturated rings. The number of anilines is 1. The maximum absolute atomic E-state index is 11.9. The predicted octanol–water partition coefficient (Wildman–Crippen LogP) is 1.94. The lowest BCUT2D eigenvalue weighted by Crippen LogP contribution is -2.32. The molecule has 0 saturated carbocycles. The van der Waals surface area contributed by atoms with Crippen LogP contribution in [0.4, 0.5) is 5.69 Å². The maximum atomic E-state index is 11.9. The minimum atomic E-state index is -3.42. The van der Waals surface area contributed by atoms with E-state index in [1.165, 1.54) is 4.31 Å². The van der Waals surface area contributed by atoms with E-state index in [9.17, 15) is 13.2 Å². The van der Waals surface area contributed by atoms with Crippen LogP contribution in [-0.4, -0.2) is 34.2 Å². The van der Waals surface area contributed by atoms with E-state index in [0.29, 0.717) is 17.1 Å². The van der Waals surface area contributed by atoms with Gasteiger partial charge in [-0.3, -0.25) is 9.10 Å². The first-order valence-electron chi connectivity index (χ1n) is 6.20. The molecule has 1 amide bonds. The average Bonchev–Trinajstić information content (AvgIpc) is 2.36. The summed E-state index contributed by atoms with van der Waals surface area (Å²) in [5, 5.41) is 2.99. The summed E-state index contributed by atoms with van der Waals surface area (Å²) in [4.78, 5) is 11.2. The molecule has 1 aromatic carbocycles. The number of carbonyl (C=O) groups is 1. The highest BCUT2D eigenvalue weighted by Gasteiger charge is 2.19. The normalized spacial score (nSPS) is 11.2. The number of halogens is 1. The Morgan fingerprint density at radius 2 is 2.05 bits per heavy atom. The first-order chi connectivity index (χ1) is 9.25. The van der Waals surface area contributed by atoms with Crippen molar-refractivity contribution in [3.8, 4) is 0 Å². The summed E-state index contributed by atoms with van der Waals surface area (Å²) < 4.78 is 25.1. The number of carbonyl (C=O) groups excluding carboxylic acids is 1. The van der Waals surface area contributed by atoms with Gasteiger partial charge in [0.05, 0.1) is 11.9 Å². The van der Waals surface area contributed by atoms with Crippen LogP contribution in [0.3, 0.4) is 0 Å². The number of hydrogen-bond donors (Lipinski definition) is 1. The summed E-state index contributed by atoms with van der Waals surface area (Å²) in [6, 6.07) is 5.11. The molecule has 0 saturated heterocycles. The van der Waals surface area contributed by atoms with Crippen LogP contribution in [0.25, 0.3) is 0 Å². The van der Waals surface area contributed by atoms with Gasteiger partial charge in [-0.1, -0.05) is 17.7 Å². The third-order valence-corrected chi connectivity index (χ3v) is 4.30. The fourth-order valence-corrected chi connectivity index (χ4v) is 3.01. The molecular weight excluding hydrogens is 300 g/mol. The Balaban J connectivity index is 2.96. The van der Waals surface area contributed by atoms with Gasteiger partial charge >= 0.3 is 0 Å². The second-order valence-electron chi connectivity index (χ2n) is 4.54. The molecule has 0 atom stereocenters. The van der Waals surface area contributed by atoms with E-state index < -0.39 is 10.0 Å². The van der Waals surface area contributed by atoms with Crippen LogP contribution in [0.15, 0.2) is 18.2 Å². The second-order valence-corrected chi connectivity index (χ2v) is 6.89. The molecule has 112 valence electrons. The minimum Gasteiger partial charge on any atom is -0.359 e. The summed E-state index contributed by atoms with van der Waals surface area (Å²) in [7, 11) is -1.87. The van der Waals surface area contributed by atoms with Gasteiger partial charge in [0, 0.05) is 25.0 Å². The van der Waals surface area contributed by atoms with Crippen molar-refractivity contribution in [2.75, 3.05) is 24.2 Å². The molecule has 5 nitrogen and oxygen atoms in total. The highest BCUT2D eigenvalue weighted by atomic mass is 35.5. The molecule has 7 heteroatoms. The van der Waals surface area contributed by atoms with Crippen LogP contribution in [0.1, 0.15) is 18.4 Å². The van der Waals surface area contributed by atoms with Crippen molar-refractivity contribution in [2.45, 2.75) is 19.8 Å². The van der Waals surface area contributed by atoms with Gasteiger partial charge in [-0.05, 0) is 31.0 Å². The third-order valence-electron chi connectivity index (χ3n) is 2.88. The molecule has 0 unspecified atom stereocenters. The molecule has 0 aromatic heterocycles. The van der Waals surface area contributed by atoms with Crippen molar-refractivity contribution in [1.82, 2.24) is 5.32 Å². The third kappa shape index (κ3) is 4.68. The lowest BCUT2D eigenvalue weighted by atomic mass is 10.2. The fourth-order valence-electron chi connectivity index (χ4n) is 1.82. The van der Waals surface area contributed by atoms with Crippen molar-refractivity contribution in [3.63, 3.8) is 0 Å². The first-order valence-corrected chi connectivity index (χ1v) is 8.42. The van der Waals surface area contributed by atoms with E-state index in [1.54, 1.807) is 25.2 Å². The molecule has 0 heterocycles. The Labute approximate surface area is 125 Å². The Morgan fingerprint density at radius 3 is 2.60 bits per heavy atom. The second kappa shape index (κ2) is 6.95. The monoisotopic (exact) mass is 318 g/mol. The van der Waals surface area contributed by atoms with E-state index in [2.05, 4.69) is 5.32 Å². The fraction of sp³-hybridized carbons (Fsp3) is 0.462. The van der Waals surface area contributed by atoms with E-state index in [-0.39, 0.29) is 18.9 Å². The molecule has 0 aliphatic carbocycles. The van der Waals surface area contributed by atoms with Crippen LogP contribution >= 0.6 is 11.6 Å². The molecule has 0 bridgehead atoms. The molecule has 0 radical (unpaired) electrons. The van der Waals surface area contributed by atoms with Crippen LogP contribution in [0.2, 0.25) is 5.02 Å². The number of nitrogens with zero attached hydrogens (tertiary/aromatic N) is 1. The number of rotatable bonds is 6. The standard InChI is InChI=1S/C13H19ClN2O3S/c1-10-6-7-11(14)9-12(10)16(20(3,18)19)8-4-5-13(17)15-2/h6-7,9H,4-5,8H2,1-3H3,(H,15,17). The van der Waals surface area contributed by atoms with Crippen LogP contribution in [0.5, 0.6) is 0 Å². The summed E-state index contributed by atoms with van der Waals surface area (Å²) >= 11 is 5.93. The number of aryl methyl sites for hydroxylation is 1. The van der Waals surface area contributed by atoms with Gasteiger partial charge in [0.25, 0.3) is 0 Å². The van der Waals surface area contributed by atoms with E-state index in [4.69, 9.17) is 11.6 Å². The summed E-state index contributed by atoms with van der Waals surface area (Å²) in [6.07, 6.45) is 1.87. The van der Waals surface area contributed by atoms with Crippen LogP contribution < -0.4 is 9.62 Å². The zero-order valence-corrected chi connectivity index (χ0v) is 13.4. The molecule has 0 spiro atoms. The lowest BCUT2D eigenvalue weighted by Gasteiger charge is -2.24. The minimum absolute atomic E-state index is 0.110. The topological polar surface area (TPSA) is 66.5 Å². The van der Waals surface area contributed by atoms with Gasteiger partial charge < -0.3 is 5.32 Å². The number of nitrogens with one attached hydrogen (secondary N) is 1. The van der Waals surface area contributed by atoms with Gasteiger partial charge in [-0.2, -0.15) is 0 Å².